The van der Waals surface area contributed by atoms with Crippen LogP contribution in [0.3, 0.4) is 0 Å². The highest BCUT2D eigenvalue weighted by molar-refractivity contribution is 7.07. The number of carbonyl (C=O) groups excluding carboxylic acids is 1. The maximum absolute atomic E-state index is 11.3. The Morgan fingerprint density at radius 3 is 2.76 bits per heavy atom. The van der Waals surface area contributed by atoms with E-state index in [-0.39, 0.29) is 0 Å². The quantitative estimate of drug-likeness (QED) is 0.840. The van der Waals surface area contributed by atoms with Gasteiger partial charge in [-0.3, -0.25) is 10.1 Å². The van der Waals surface area contributed by atoms with Crippen molar-refractivity contribution in [1.29, 1.82) is 0 Å². The molecule has 1 unspecified atom stereocenters. The summed E-state index contributed by atoms with van der Waals surface area (Å²) in [4.78, 5) is 15.4. The highest BCUT2D eigenvalue weighted by atomic mass is 32.1. The number of nitrogens with one attached hydrogen (secondary N) is 1. The van der Waals surface area contributed by atoms with Crippen LogP contribution in [0.1, 0.15) is 17.3 Å². The summed E-state index contributed by atoms with van der Waals surface area (Å²) in [7, 11) is 0. The zero-order valence-corrected chi connectivity index (χ0v) is 9.98. The van der Waals surface area contributed by atoms with Gasteiger partial charge in [-0.25, -0.2) is 4.98 Å². The second kappa shape index (κ2) is 5.56. The number of amides is 1. The van der Waals surface area contributed by atoms with Crippen LogP contribution in [-0.4, -0.2) is 10.9 Å². The third-order valence-corrected chi connectivity index (χ3v) is 2.99. The van der Waals surface area contributed by atoms with E-state index in [4.69, 9.17) is 5.73 Å². The standard InChI is InChI=1S/C12H13N3OS/c13-12(16)11(10-7-17-8-15-10)14-6-9-4-2-1-3-5-9/h1-5,7-8,11,14H,6H2,(H2,13,16). The molecule has 0 aliphatic heterocycles. The van der Waals surface area contributed by atoms with E-state index in [0.717, 1.165) is 5.56 Å². The van der Waals surface area contributed by atoms with Crippen molar-refractivity contribution in [3.63, 3.8) is 0 Å². The van der Waals surface area contributed by atoms with E-state index >= 15 is 0 Å². The molecule has 0 saturated heterocycles. The molecule has 1 heterocycles. The van der Waals surface area contributed by atoms with Gasteiger partial charge in [0.2, 0.25) is 5.91 Å². The van der Waals surface area contributed by atoms with E-state index in [1.54, 1.807) is 5.51 Å². The van der Waals surface area contributed by atoms with Gasteiger partial charge in [0.15, 0.2) is 0 Å². The van der Waals surface area contributed by atoms with Crippen LogP contribution in [0.15, 0.2) is 41.2 Å². The van der Waals surface area contributed by atoms with Crippen LogP contribution in [-0.2, 0) is 11.3 Å². The molecule has 0 saturated carbocycles. The van der Waals surface area contributed by atoms with Crippen LogP contribution in [0.2, 0.25) is 0 Å². The Kier molecular flexibility index (Phi) is 3.85. The first-order valence-corrected chi connectivity index (χ1v) is 6.16. The van der Waals surface area contributed by atoms with Crippen molar-refractivity contribution in [3.05, 3.63) is 52.5 Å². The first-order valence-electron chi connectivity index (χ1n) is 5.22. The Labute approximate surface area is 103 Å². The summed E-state index contributed by atoms with van der Waals surface area (Å²) in [5.74, 6) is -0.410. The summed E-state index contributed by atoms with van der Waals surface area (Å²) in [6.45, 7) is 0.589. The number of hydrogen-bond donors (Lipinski definition) is 2. The lowest BCUT2D eigenvalue weighted by Gasteiger charge is -2.13. The minimum atomic E-state index is -0.526. The molecule has 4 nitrogen and oxygen atoms in total. The Hall–Kier alpha value is -1.72. The molecule has 0 fully saturated rings. The summed E-state index contributed by atoms with van der Waals surface area (Å²) in [5, 5.41) is 4.93. The first-order chi connectivity index (χ1) is 8.27. The second-order valence-electron chi connectivity index (χ2n) is 3.62. The molecule has 1 aromatic heterocycles. The Bertz CT molecular complexity index is 470. The maximum atomic E-state index is 11.3. The molecule has 3 N–H and O–H groups in total. The molecular formula is C12H13N3OS. The molecule has 17 heavy (non-hydrogen) atoms. The van der Waals surface area contributed by atoms with Crippen LogP contribution in [0.25, 0.3) is 0 Å². The van der Waals surface area contributed by atoms with Crippen molar-refractivity contribution < 1.29 is 4.79 Å². The number of aromatic nitrogens is 1. The van der Waals surface area contributed by atoms with Crippen molar-refractivity contribution >= 4 is 17.2 Å². The number of nitrogens with zero attached hydrogens (tertiary/aromatic N) is 1. The summed E-state index contributed by atoms with van der Waals surface area (Å²) < 4.78 is 0. The zero-order chi connectivity index (χ0) is 12.1. The lowest BCUT2D eigenvalue weighted by atomic mass is 10.2. The topological polar surface area (TPSA) is 68.0 Å². The van der Waals surface area contributed by atoms with Crippen LogP contribution in [0.4, 0.5) is 0 Å². The fourth-order valence-electron chi connectivity index (χ4n) is 1.53. The van der Waals surface area contributed by atoms with Crippen LogP contribution < -0.4 is 11.1 Å². The van der Waals surface area contributed by atoms with Gasteiger partial charge in [-0.2, -0.15) is 0 Å². The minimum absolute atomic E-state index is 0.410. The maximum Gasteiger partial charge on any atom is 0.240 e. The summed E-state index contributed by atoms with van der Waals surface area (Å²) in [6, 6.07) is 9.33. The van der Waals surface area contributed by atoms with E-state index in [9.17, 15) is 4.79 Å². The summed E-state index contributed by atoms with van der Waals surface area (Å²) in [6.07, 6.45) is 0. The van der Waals surface area contributed by atoms with E-state index in [1.807, 2.05) is 35.7 Å². The lowest BCUT2D eigenvalue weighted by Crippen LogP contribution is -2.33. The van der Waals surface area contributed by atoms with Gasteiger partial charge < -0.3 is 5.73 Å². The van der Waals surface area contributed by atoms with Gasteiger partial charge in [-0.15, -0.1) is 11.3 Å². The number of thiazole rings is 1. The SMILES string of the molecule is NC(=O)C(NCc1ccccc1)c1cscn1. The van der Waals surface area contributed by atoms with Crippen LogP contribution in [0.5, 0.6) is 0 Å². The fourth-order valence-corrected chi connectivity index (χ4v) is 2.11. The average Bonchev–Trinajstić information content (AvgIpc) is 2.84. The molecule has 0 radical (unpaired) electrons. The van der Waals surface area contributed by atoms with Gasteiger partial charge in [0.05, 0.1) is 11.2 Å². The Balaban J connectivity index is 2.03. The van der Waals surface area contributed by atoms with Crippen molar-refractivity contribution in [2.75, 3.05) is 0 Å². The summed E-state index contributed by atoms with van der Waals surface area (Å²) in [5.41, 5.74) is 8.83. The van der Waals surface area contributed by atoms with Crippen LogP contribution in [0, 0.1) is 0 Å². The first kappa shape index (κ1) is 11.8. The molecule has 0 aliphatic carbocycles. The zero-order valence-electron chi connectivity index (χ0n) is 9.17. The smallest absolute Gasteiger partial charge is 0.240 e. The third kappa shape index (κ3) is 3.12. The van der Waals surface area contributed by atoms with Gasteiger partial charge in [0.25, 0.3) is 0 Å². The number of carbonyl (C=O) groups is 1. The highest BCUT2D eigenvalue weighted by Gasteiger charge is 2.18. The highest BCUT2D eigenvalue weighted by Crippen LogP contribution is 2.13. The van der Waals surface area contributed by atoms with E-state index in [1.165, 1.54) is 11.3 Å². The number of rotatable bonds is 5. The van der Waals surface area contributed by atoms with Gasteiger partial charge in [-0.05, 0) is 5.56 Å². The number of hydrogen-bond acceptors (Lipinski definition) is 4. The van der Waals surface area contributed by atoms with Crippen molar-refractivity contribution in [3.8, 4) is 0 Å². The minimum Gasteiger partial charge on any atom is -0.368 e. The molecule has 1 aromatic carbocycles. The fraction of sp³-hybridized carbons (Fsp3) is 0.167. The van der Waals surface area contributed by atoms with Crippen LogP contribution >= 0.6 is 11.3 Å². The molecule has 88 valence electrons. The Morgan fingerprint density at radius 1 is 1.41 bits per heavy atom. The second-order valence-corrected chi connectivity index (χ2v) is 4.33. The number of benzene rings is 1. The molecule has 1 amide bonds. The molecule has 2 rings (SSSR count). The van der Waals surface area contributed by atoms with Crippen molar-refractivity contribution in [2.45, 2.75) is 12.6 Å². The number of primary amides is 1. The van der Waals surface area contributed by atoms with Gasteiger partial charge in [0.1, 0.15) is 6.04 Å². The normalized spacial score (nSPS) is 12.2. The molecular weight excluding hydrogens is 234 g/mol. The molecule has 0 aliphatic rings. The van der Waals surface area contributed by atoms with Gasteiger partial charge >= 0.3 is 0 Å². The van der Waals surface area contributed by atoms with Crippen molar-refractivity contribution in [2.24, 2.45) is 5.73 Å². The molecule has 0 bridgehead atoms. The molecule has 1 atom stereocenters. The average molecular weight is 247 g/mol. The predicted molar refractivity (Wildman–Crippen MR) is 67.3 cm³/mol. The molecule has 5 heteroatoms. The van der Waals surface area contributed by atoms with E-state index in [0.29, 0.717) is 12.2 Å². The van der Waals surface area contributed by atoms with Gasteiger partial charge in [0, 0.05) is 11.9 Å². The van der Waals surface area contributed by atoms with Crippen molar-refractivity contribution in [1.82, 2.24) is 10.3 Å². The van der Waals surface area contributed by atoms with E-state index < -0.39 is 11.9 Å². The molecule has 0 spiro atoms. The predicted octanol–water partition coefficient (Wildman–Crippen LogP) is 1.46. The monoisotopic (exact) mass is 247 g/mol. The molecule has 2 aromatic rings. The third-order valence-electron chi connectivity index (χ3n) is 2.38. The lowest BCUT2D eigenvalue weighted by molar-refractivity contribution is -0.120. The van der Waals surface area contributed by atoms with Gasteiger partial charge in [-0.1, -0.05) is 30.3 Å². The largest absolute Gasteiger partial charge is 0.368 e. The number of nitrogens with two attached hydrogens (primary N) is 1. The summed E-state index contributed by atoms with van der Waals surface area (Å²) >= 11 is 1.45. The van der Waals surface area contributed by atoms with E-state index in [2.05, 4.69) is 10.3 Å². The Morgan fingerprint density at radius 2 is 2.18 bits per heavy atom.